The zero-order chi connectivity index (χ0) is 23.7. The maximum Gasteiger partial charge on any atom is 0.233 e. The summed E-state index contributed by atoms with van der Waals surface area (Å²) in [7, 11) is 0. The molecule has 3 heterocycles. The van der Waals surface area contributed by atoms with E-state index < -0.39 is 45.5 Å². The number of hydrogen-bond donors (Lipinski definition) is 2. The van der Waals surface area contributed by atoms with Gasteiger partial charge >= 0.3 is 0 Å². The van der Waals surface area contributed by atoms with Crippen LogP contribution in [-0.4, -0.2) is 33.0 Å². The van der Waals surface area contributed by atoms with Crippen molar-refractivity contribution < 1.29 is 33.7 Å². The molecule has 1 saturated heterocycles. The Morgan fingerprint density at radius 1 is 1.21 bits per heavy atom. The van der Waals surface area contributed by atoms with E-state index in [9.17, 15) is 24.6 Å². The average molecular weight is 448 g/mol. The van der Waals surface area contributed by atoms with Gasteiger partial charge in [-0.15, -0.1) is 0 Å². The predicted molar refractivity (Wildman–Crippen MR) is 116 cm³/mol. The van der Waals surface area contributed by atoms with Gasteiger partial charge in [0.15, 0.2) is 28.1 Å². The first kappa shape index (κ1) is 20.0. The van der Waals surface area contributed by atoms with Crippen molar-refractivity contribution in [2.24, 2.45) is 5.92 Å². The minimum Gasteiger partial charge on any atom is -0.507 e. The molecule has 2 aliphatic heterocycles. The van der Waals surface area contributed by atoms with Gasteiger partial charge < -0.3 is 24.1 Å². The standard InChI is InChI=1S/C25H20O8/c1-10(2)13-7-12-19(29)18-14(26)8-16-11(5-6-23(3,4)32-16)20(18)31-22(12)25-17(28)9-15(27)21(30)24(13,25)33-25/h5-6,8-9,13,26-27H,1,7H2,2-4H3/t13-,24-,25-/m1/s1. The van der Waals surface area contributed by atoms with Gasteiger partial charge in [-0.05, 0) is 39.3 Å². The number of fused-ring (bicyclic) bond motifs is 4. The molecule has 0 amide bonds. The fraction of sp³-hybridized carbons (Fsp3) is 0.320. The number of ketones is 2. The predicted octanol–water partition coefficient (Wildman–Crippen LogP) is 2.99. The summed E-state index contributed by atoms with van der Waals surface area (Å²) in [5, 5.41) is 20.8. The van der Waals surface area contributed by atoms with Gasteiger partial charge in [0, 0.05) is 23.6 Å². The number of hydrogen-bond acceptors (Lipinski definition) is 8. The highest BCUT2D eigenvalue weighted by atomic mass is 16.7. The Morgan fingerprint density at radius 2 is 1.94 bits per heavy atom. The van der Waals surface area contributed by atoms with Crippen LogP contribution in [0, 0.1) is 5.92 Å². The third-order valence-electron chi connectivity index (χ3n) is 7.06. The minimum absolute atomic E-state index is 0.00683. The number of phenols is 1. The van der Waals surface area contributed by atoms with Crippen LogP contribution >= 0.6 is 0 Å². The van der Waals surface area contributed by atoms with Crippen molar-refractivity contribution in [2.45, 2.75) is 44.0 Å². The summed E-state index contributed by atoms with van der Waals surface area (Å²) in [5.74, 6) is -2.93. The molecule has 8 heteroatoms. The lowest BCUT2D eigenvalue weighted by Gasteiger charge is -2.33. The van der Waals surface area contributed by atoms with Crippen LogP contribution in [0.15, 0.2) is 45.3 Å². The monoisotopic (exact) mass is 448 g/mol. The zero-order valence-electron chi connectivity index (χ0n) is 18.1. The van der Waals surface area contributed by atoms with E-state index in [1.54, 1.807) is 19.1 Å². The van der Waals surface area contributed by atoms with Crippen LogP contribution in [0.1, 0.15) is 37.7 Å². The van der Waals surface area contributed by atoms with Gasteiger partial charge in [-0.1, -0.05) is 12.2 Å². The van der Waals surface area contributed by atoms with Gasteiger partial charge in [-0.3, -0.25) is 14.4 Å². The third-order valence-corrected chi connectivity index (χ3v) is 7.06. The maximum atomic E-state index is 13.6. The number of ether oxygens (including phenoxy) is 2. The Balaban J connectivity index is 1.72. The molecule has 6 rings (SSSR count). The average Bonchev–Trinajstić information content (AvgIpc) is 3.44. The number of aromatic hydroxyl groups is 1. The van der Waals surface area contributed by atoms with Crippen molar-refractivity contribution in [3.8, 4) is 11.5 Å². The van der Waals surface area contributed by atoms with E-state index in [-0.39, 0.29) is 34.5 Å². The van der Waals surface area contributed by atoms with Crippen LogP contribution in [0.5, 0.6) is 11.5 Å². The van der Waals surface area contributed by atoms with Crippen LogP contribution in [0.3, 0.4) is 0 Å². The molecule has 4 aliphatic rings. The number of aliphatic hydroxyl groups excluding tert-OH is 1. The van der Waals surface area contributed by atoms with E-state index in [0.717, 1.165) is 6.08 Å². The van der Waals surface area contributed by atoms with E-state index in [1.807, 2.05) is 13.8 Å². The zero-order valence-corrected chi connectivity index (χ0v) is 18.1. The summed E-state index contributed by atoms with van der Waals surface area (Å²) in [6.07, 6.45) is 4.33. The van der Waals surface area contributed by atoms with E-state index in [0.29, 0.717) is 16.9 Å². The second-order valence-electron chi connectivity index (χ2n) is 9.63. The van der Waals surface area contributed by atoms with Crippen molar-refractivity contribution in [1.29, 1.82) is 0 Å². The Morgan fingerprint density at radius 3 is 2.64 bits per heavy atom. The number of carbonyl (C=O) groups is 2. The third kappa shape index (κ3) is 2.12. The molecular formula is C25H20O8. The maximum absolute atomic E-state index is 13.6. The smallest absolute Gasteiger partial charge is 0.233 e. The van der Waals surface area contributed by atoms with E-state index >= 15 is 0 Å². The molecule has 8 nitrogen and oxygen atoms in total. The molecule has 0 spiro atoms. The molecule has 1 aromatic heterocycles. The van der Waals surface area contributed by atoms with E-state index in [4.69, 9.17) is 13.9 Å². The topological polar surface area (TPSA) is 127 Å². The van der Waals surface area contributed by atoms with Crippen LogP contribution in [0.4, 0.5) is 0 Å². The molecule has 2 N–H and O–H groups in total. The van der Waals surface area contributed by atoms with Gasteiger partial charge in [0.2, 0.25) is 17.2 Å². The van der Waals surface area contributed by atoms with Gasteiger partial charge in [-0.25, -0.2) is 0 Å². The first-order valence-corrected chi connectivity index (χ1v) is 10.5. The normalized spacial score (nSPS) is 30.5. The highest BCUT2D eigenvalue weighted by molar-refractivity contribution is 6.20. The van der Waals surface area contributed by atoms with Crippen molar-refractivity contribution in [1.82, 2.24) is 0 Å². The summed E-state index contributed by atoms with van der Waals surface area (Å²) in [5.41, 5.74) is -3.62. The first-order chi connectivity index (χ1) is 15.4. The van der Waals surface area contributed by atoms with Crippen LogP contribution in [0.25, 0.3) is 17.0 Å². The number of epoxide rings is 1. The van der Waals surface area contributed by atoms with Gasteiger partial charge in [-0.2, -0.15) is 0 Å². The lowest BCUT2D eigenvalue weighted by molar-refractivity contribution is -0.128. The van der Waals surface area contributed by atoms with Gasteiger partial charge in [0.25, 0.3) is 0 Å². The summed E-state index contributed by atoms with van der Waals surface area (Å²) in [6, 6.07) is 1.37. The van der Waals surface area contributed by atoms with Gasteiger partial charge in [0.05, 0.1) is 5.56 Å². The number of Topliss-reactive ketones (excluding diaryl/α,β-unsaturated/α-hetero) is 1. The highest BCUT2D eigenvalue weighted by Gasteiger charge is 2.87. The number of phenolic OH excluding ortho intramolecular Hbond substituents is 1. The molecule has 33 heavy (non-hydrogen) atoms. The molecule has 1 aromatic carbocycles. The van der Waals surface area contributed by atoms with Crippen molar-refractivity contribution in [3.63, 3.8) is 0 Å². The van der Waals surface area contributed by atoms with Crippen LogP contribution in [-0.2, 0) is 26.3 Å². The van der Waals surface area contributed by atoms with Crippen molar-refractivity contribution in [3.05, 3.63) is 63.2 Å². The molecule has 2 aromatic rings. The number of benzene rings is 1. The van der Waals surface area contributed by atoms with Gasteiger partial charge in [0.1, 0.15) is 22.5 Å². The Bertz CT molecular complexity index is 1490. The highest BCUT2D eigenvalue weighted by Crippen LogP contribution is 2.68. The number of carbonyl (C=O) groups excluding carboxylic acids is 2. The lowest BCUT2D eigenvalue weighted by atomic mass is 9.63. The Labute approximate surface area is 187 Å². The molecule has 0 unspecified atom stereocenters. The van der Waals surface area contributed by atoms with E-state index in [1.165, 1.54) is 6.07 Å². The SMILES string of the molecule is C=C(C)[C@H]1Cc2c(oc3c4c(cc(O)c3c2=O)OC(C)(C)C=C4)[C@@]23O[C@@]12C(=O)C(O)=CC3=O. The molecule has 1 fully saturated rings. The lowest BCUT2D eigenvalue weighted by Crippen LogP contribution is -2.51. The molecular weight excluding hydrogens is 428 g/mol. The first-order valence-electron chi connectivity index (χ1n) is 10.5. The van der Waals surface area contributed by atoms with Crippen LogP contribution in [0.2, 0.25) is 0 Å². The van der Waals surface area contributed by atoms with Crippen LogP contribution < -0.4 is 10.2 Å². The second-order valence-corrected chi connectivity index (χ2v) is 9.63. The summed E-state index contributed by atoms with van der Waals surface area (Å²) >= 11 is 0. The number of rotatable bonds is 1. The Hall–Kier alpha value is -3.65. The molecule has 0 radical (unpaired) electrons. The number of aliphatic hydroxyl groups is 1. The van der Waals surface area contributed by atoms with E-state index in [2.05, 4.69) is 6.58 Å². The molecule has 0 bridgehead atoms. The fourth-order valence-corrected chi connectivity index (χ4v) is 5.50. The Kier molecular flexibility index (Phi) is 3.41. The van der Waals surface area contributed by atoms with Crippen molar-refractivity contribution in [2.75, 3.05) is 0 Å². The summed E-state index contributed by atoms with van der Waals surface area (Å²) in [6.45, 7) is 9.27. The van der Waals surface area contributed by atoms with Crippen molar-refractivity contribution >= 4 is 28.6 Å². The molecule has 3 atom stereocenters. The summed E-state index contributed by atoms with van der Waals surface area (Å²) < 4.78 is 18.0. The quantitative estimate of drug-likeness (QED) is 0.504. The molecule has 168 valence electrons. The minimum atomic E-state index is -1.86. The molecule has 2 aliphatic carbocycles. The largest absolute Gasteiger partial charge is 0.507 e. The summed E-state index contributed by atoms with van der Waals surface area (Å²) in [4.78, 5) is 39.9. The second kappa shape index (κ2) is 5.63. The fourth-order valence-electron chi connectivity index (χ4n) is 5.50. The molecule has 0 saturated carbocycles.